The van der Waals surface area contributed by atoms with Gasteiger partial charge in [-0.2, -0.15) is 27.2 Å². The fourth-order valence-corrected chi connectivity index (χ4v) is 4.02. The highest BCUT2D eigenvalue weighted by Crippen LogP contribution is 2.38. The van der Waals surface area contributed by atoms with Crippen molar-refractivity contribution < 1.29 is 26.5 Å². The summed E-state index contributed by atoms with van der Waals surface area (Å²) in [6.07, 6.45) is -7.92. The van der Waals surface area contributed by atoms with E-state index < -0.39 is 36.0 Å². The van der Waals surface area contributed by atoms with Gasteiger partial charge in [-0.3, -0.25) is 9.42 Å². The second-order valence-electron chi connectivity index (χ2n) is 6.77. The Labute approximate surface area is 162 Å². The molecule has 0 amide bonds. The van der Waals surface area contributed by atoms with E-state index in [1.807, 2.05) is 13.8 Å². The zero-order chi connectivity index (χ0) is 21.3. The van der Waals surface area contributed by atoms with Gasteiger partial charge in [-0.1, -0.05) is 6.92 Å². The lowest BCUT2D eigenvalue weighted by Crippen LogP contribution is -2.50. The monoisotopic (exact) mass is 421 g/mol. The minimum Gasteiger partial charge on any atom is -0.354 e. The maximum Gasteiger partial charge on any atom is 0.417 e. The van der Waals surface area contributed by atoms with E-state index >= 15 is 0 Å². The van der Waals surface area contributed by atoms with Crippen LogP contribution < -0.4 is 4.90 Å². The molecule has 1 unspecified atom stereocenters. The molecule has 154 valence electrons. The molecule has 0 saturated carbocycles. The molecule has 10 heteroatoms. The number of anilines is 1. The van der Waals surface area contributed by atoms with E-state index in [-0.39, 0.29) is 20.2 Å². The highest BCUT2D eigenvalue weighted by Gasteiger charge is 2.42. The lowest BCUT2D eigenvalue weighted by atomic mass is 10.0. The third-order valence-electron chi connectivity index (χ3n) is 4.58. The molecule has 0 spiro atoms. The van der Waals surface area contributed by atoms with Crippen molar-refractivity contribution in [3.05, 3.63) is 29.3 Å². The molecule has 4 nitrogen and oxygen atoms in total. The van der Waals surface area contributed by atoms with E-state index in [9.17, 15) is 22.0 Å². The van der Waals surface area contributed by atoms with Crippen LogP contribution >= 0.6 is 8.43 Å². The van der Waals surface area contributed by atoms with E-state index in [0.717, 1.165) is 12.1 Å². The zero-order valence-corrected chi connectivity index (χ0v) is 16.8. The number of benzene rings is 1. The number of hydrogen-bond acceptors (Lipinski definition) is 4. The average Bonchev–Trinajstić information content (AvgIpc) is 2.75. The normalized spacial score (nSPS) is 20.7. The minimum atomic E-state index is -4.77. The largest absolute Gasteiger partial charge is 0.417 e. The summed E-state index contributed by atoms with van der Waals surface area (Å²) >= 11 is 0. The Morgan fingerprint density at radius 3 is 2.54 bits per heavy atom. The maximum absolute atomic E-state index is 14.3. The van der Waals surface area contributed by atoms with Crippen LogP contribution in [0.5, 0.6) is 0 Å². The molecule has 0 saturated heterocycles. The highest BCUT2D eigenvalue weighted by molar-refractivity contribution is 7.35. The first-order valence-electron chi connectivity index (χ1n) is 8.66. The van der Waals surface area contributed by atoms with Crippen LogP contribution in [0.2, 0.25) is 0 Å². The third-order valence-corrected chi connectivity index (χ3v) is 5.74. The Morgan fingerprint density at radius 1 is 1.39 bits per heavy atom. The van der Waals surface area contributed by atoms with Crippen LogP contribution in [0.1, 0.15) is 38.3 Å². The van der Waals surface area contributed by atoms with Crippen LogP contribution in [0.4, 0.5) is 27.6 Å². The molecule has 2 rings (SSSR count). The van der Waals surface area contributed by atoms with Crippen LogP contribution in [-0.2, 0) is 10.7 Å². The topological polar surface area (TPSA) is 39.5 Å². The van der Waals surface area contributed by atoms with Crippen molar-refractivity contribution in [3.8, 4) is 6.07 Å². The Kier molecular flexibility index (Phi) is 6.70. The lowest BCUT2D eigenvalue weighted by Gasteiger charge is -2.37. The van der Waals surface area contributed by atoms with Gasteiger partial charge in [0.1, 0.15) is 6.54 Å². The van der Waals surface area contributed by atoms with Crippen LogP contribution in [0, 0.1) is 11.3 Å². The number of likely N-dealkylation sites (N-methyl/N-ethyl adjacent to an activating group) is 1. The van der Waals surface area contributed by atoms with Crippen LogP contribution in [-0.4, -0.2) is 42.1 Å². The number of hydrogen-bond donors (Lipinski definition) is 0. The summed E-state index contributed by atoms with van der Waals surface area (Å²) in [7, 11) is 1.71. The summed E-state index contributed by atoms with van der Waals surface area (Å²) in [5.41, 5.74) is -1.20. The maximum atomic E-state index is 14.3. The number of alkyl halides is 5. The van der Waals surface area contributed by atoms with E-state index in [0.29, 0.717) is 11.8 Å². The van der Waals surface area contributed by atoms with Crippen molar-refractivity contribution in [2.75, 3.05) is 18.5 Å². The molecular weight excluding hydrogens is 400 g/mol. The average molecular weight is 421 g/mol. The third kappa shape index (κ3) is 4.80. The van der Waals surface area contributed by atoms with Crippen molar-refractivity contribution in [1.29, 1.82) is 5.26 Å². The van der Waals surface area contributed by atoms with Gasteiger partial charge in [0.2, 0.25) is 0 Å². The molecule has 1 aromatic carbocycles. The van der Waals surface area contributed by atoms with Gasteiger partial charge < -0.3 is 4.90 Å². The van der Waals surface area contributed by atoms with E-state index in [1.165, 1.54) is 17.0 Å². The van der Waals surface area contributed by atoms with Gasteiger partial charge >= 0.3 is 12.3 Å². The predicted octanol–water partition coefficient (Wildman–Crippen LogP) is 5.12. The number of nitriles is 1. The molecule has 0 aromatic heterocycles. The van der Waals surface area contributed by atoms with Crippen molar-refractivity contribution in [1.82, 2.24) is 4.90 Å². The highest BCUT2D eigenvalue weighted by atomic mass is 31.1. The van der Waals surface area contributed by atoms with Crippen molar-refractivity contribution in [2.45, 2.75) is 51.6 Å². The Balaban J connectivity index is 2.61. The molecular formula is C18H21F5N3OP. The first kappa shape index (κ1) is 22.5. The molecule has 1 aromatic rings. The fraction of sp³-hybridized carbons (Fsp3) is 0.556. The second-order valence-corrected chi connectivity index (χ2v) is 7.60. The smallest absolute Gasteiger partial charge is 0.354 e. The molecule has 1 heterocycles. The molecule has 0 aliphatic carbocycles. The molecule has 0 radical (unpaired) electrons. The van der Waals surface area contributed by atoms with E-state index in [1.54, 1.807) is 18.9 Å². The van der Waals surface area contributed by atoms with Gasteiger partial charge in [-0.15, -0.1) is 0 Å². The van der Waals surface area contributed by atoms with Gasteiger partial charge in [-0.25, -0.2) is 0 Å². The minimum absolute atomic E-state index is 0.0135. The van der Waals surface area contributed by atoms with Gasteiger partial charge in [0, 0.05) is 11.7 Å². The van der Waals surface area contributed by atoms with Gasteiger partial charge in [-0.05, 0) is 45.5 Å². The molecule has 1 atom stereocenters. The molecule has 0 N–H and O–H groups in total. The summed E-state index contributed by atoms with van der Waals surface area (Å²) in [6, 6.07) is 3.94. The zero-order valence-electron chi connectivity index (χ0n) is 15.9. The van der Waals surface area contributed by atoms with Crippen LogP contribution in [0.15, 0.2) is 18.2 Å². The lowest BCUT2D eigenvalue weighted by molar-refractivity contribution is -0.157. The number of nitrogens with zero attached hydrogens (tertiary/aromatic N) is 3. The molecule has 1 aliphatic rings. The number of halogens is 5. The molecule has 0 bridgehead atoms. The number of rotatable bonds is 4. The SMILES string of the molecule is CCC1C(N(C)C(C)C)=POC(F)(F)CN1c1ccc(C#N)c(C(F)(F)F)c1. The molecule has 28 heavy (non-hydrogen) atoms. The molecule has 1 aliphatic heterocycles. The van der Waals surface area contributed by atoms with Gasteiger partial charge in [0.05, 0.1) is 37.1 Å². The standard InChI is InChI=1S/C18H21F5N3OP/c1-5-15-16(25(4)11(2)3)28-27-17(19,20)10-26(15)13-7-6-12(9-24)14(8-13)18(21,22)23/h6-8,11,15H,5,10H2,1-4H3. The van der Waals surface area contributed by atoms with Gasteiger partial charge in [0.15, 0.2) is 0 Å². The van der Waals surface area contributed by atoms with Crippen LogP contribution in [0.3, 0.4) is 0 Å². The fourth-order valence-electron chi connectivity index (χ4n) is 2.93. The Hall–Kier alpha value is -1.75. The van der Waals surface area contributed by atoms with Crippen molar-refractivity contribution >= 4 is 19.5 Å². The van der Waals surface area contributed by atoms with Crippen molar-refractivity contribution in [2.24, 2.45) is 0 Å². The quantitative estimate of drug-likeness (QED) is 0.500. The second kappa shape index (κ2) is 8.32. The van der Waals surface area contributed by atoms with Gasteiger partial charge in [0.25, 0.3) is 0 Å². The first-order chi connectivity index (χ1) is 12.9. The Bertz CT molecular complexity index is 788. The predicted molar refractivity (Wildman–Crippen MR) is 98.4 cm³/mol. The first-order valence-corrected chi connectivity index (χ1v) is 9.47. The molecule has 0 fully saturated rings. The van der Waals surface area contributed by atoms with E-state index in [4.69, 9.17) is 9.79 Å². The van der Waals surface area contributed by atoms with E-state index in [2.05, 4.69) is 0 Å². The summed E-state index contributed by atoms with van der Waals surface area (Å²) in [6.45, 7) is 4.65. The van der Waals surface area contributed by atoms with Crippen LogP contribution in [0.25, 0.3) is 0 Å². The summed E-state index contributed by atoms with van der Waals surface area (Å²) < 4.78 is 73.3. The summed E-state index contributed by atoms with van der Waals surface area (Å²) in [5, 5.41) is 8.97. The Morgan fingerprint density at radius 2 is 2.04 bits per heavy atom. The summed E-state index contributed by atoms with van der Waals surface area (Å²) in [4.78, 5) is 3.02. The summed E-state index contributed by atoms with van der Waals surface area (Å²) in [5.74, 6) is 0. The van der Waals surface area contributed by atoms with Crippen molar-refractivity contribution in [3.63, 3.8) is 0 Å².